The molecule has 1 unspecified atom stereocenters. The minimum atomic E-state index is -0.481. The van der Waals surface area contributed by atoms with Crippen molar-refractivity contribution in [3.8, 4) is 0 Å². The Hall–Kier alpha value is -1.98. The zero-order chi connectivity index (χ0) is 20.4. The Balaban J connectivity index is 2.14. The van der Waals surface area contributed by atoms with Crippen LogP contribution >= 0.6 is 23.4 Å². The zero-order valence-electron chi connectivity index (χ0n) is 16.4. The molecule has 0 radical (unpaired) electrons. The van der Waals surface area contributed by atoms with E-state index in [0.29, 0.717) is 24.5 Å². The lowest BCUT2D eigenvalue weighted by Crippen LogP contribution is -2.49. The summed E-state index contributed by atoms with van der Waals surface area (Å²) in [5, 5.41) is 3.60. The van der Waals surface area contributed by atoms with Crippen LogP contribution in [0.25, 0.3) is 0 Å². The van der Waals surface area contributed by atoms with Gasteiger partial charge < -0.3 is 10.2 Å². The SMILES string of the molecule is CCCNC(=O)C(CC)N(Cc1ccccc1)C(=O)CSc1ccc(Cl)cc1. The normalized spacial score (nSPS) is 11.7. The number of hydrogen-bond acceptors (Lipinski definition) is 3. The van der Waals surface area contributed by atoms with Crippen molar-refractivity contribution in [3.05, 3.63) is 65.2 Å². The summed E-state index contributed by atoms with van der Waals surface area (Å²) >= 11 is 7.38. The molecule has 1 atom stereocenters. The molecule has 2 aromatic rings. The molecule has 0 aliphatic rings. The molecule has 0 spiro atoms. The third kappa shape index (κ3) is 6.88. The minimum Gasteiger partial charge on any atom is -0.354 e. The lowest BCUT2D eigenvalue weighted by Gasteiger charge is -2.30. The third-order valence-corrected chi connectivity index (χ3v) is 5.56. The number of halogens is 1. The van der Waals surface area contributed by atoms with Crippen molar-refractivity contribution in [2.24, 2.45) is 0 Å². The Kier molecular flexibility index (Phi) is 9.38. The van der Waals surface area contributed by atoms with Crippen molar-refractivity contribution >= 4 is 35.2 Å². The highest BCUT2D eigenvalue weighted by atomic mass is 35.5. The van der Waals surface area contributed by atoms with Crippen LogP contribution in [0.1, 0.15) is 32.3 Å². The Morgan fingerprint density at radius 2 is 1.75 bits per heavy atom. The molecule has 150 valence electrons. The summed E-state index contributed by atoms with van der Waals surface area (Å²) in [6.07, 6.45) is 1.43. The van der Waals surface area contributed by atoms with Crippen molar-refractivity contribution in [1.29, 1.82) is 0 Å². The number of thioether (sulfide) groups is 1. The molecule has 0 heterocycles. The second kappa shape index (κ2) is 11.8. The fourth-order valence-corrected chi connectivity index (χ4v) is 3.73. The van der Waals surface area contributed by atoms with Crippen LogP contribution in [-0.4, -0.2) is 35.1 Å². The van der Waals surface area contributed by atoms with Crippen LogP contribution in [0.2, 0.25) is 5.02 Å². The predicted molar refractivity (Wildman–Crippen MR) is 117 cm³/mol. The van der Waals surface area contributed by atoms with E-state index in [0.717, 1.165) is 16.9 Å². The number of carbonyl (C=O) groups is 2. The van der Waals surface area contributed by atoms with Crippen LogP contribution < -0.4 is 5.32 Å². The van der Waals surface area contributed by atoms with Gasteiger partial charge in [0.1, 0.15) is 6.04 Å². The first-order chi connectivity index (χ1) is 13.5. The Bertz CT molecular complexity index is 753. The number of nitrogens with one attached hydrogen (secondary N) is 1. The second-order valence-electron chi connectivity index (χ2n) is 6.46. The van der Waals surface area contributed by atoms with Crippen LogP contribution in [0, 0.1) is 0 Å². The van der Waals surface area contributed by atoms with Crippen molar-refractivity contribution in [2.45, 2.75) is 44.2 Å². The Labute approximate surface area is 176 Å². The van der Waals surface area contributed by atoms with E-state index < -0.39 is 6.04 Å². The first kappa shape index (κ1) is 22.3. The van der Waals surface area contributed by atoms with Gasteiger partial charge in [-0.3, -0.25) is 9.59 Å². The monoisotopic (exact) mass is 418 g/mol. The third-order valence-electron chi connectivity index (χ3n) is 4.31. The summed E-state index contributed by atoms with van der Waals surface area (Å²) in [5.74, 6) is 0.124. The van der Waals surface area contributed by atoms with Crippen LogP contribution in [0.5, 0.6) is 0 Å². The van der Waals surface area contributed by atoms with Crippen molar-refractivity contribution in [1.82, 2.24) is 10.2 Å². The average Bonchev–Trinajstić information content (AvgIpc) is 2.72. The van der Waals surface area contributed by atoms with Crippen LogP contribution in [-0.2, 0) is 16.1 Å². The number of hydrogen-bond donors (Lipinski definition) is 1. The molecule has 0 bridgehead atoms. The van der Waals surface area contributed by atoms with Gasteiger partial charge in [0.25, 0.3) is 0 Å². The maximum atomic E-state index is 13.1. The van der Waals surface area contributed by atoms with E-state index in [2.05, 4.69) is 5.32 Å². The molecule has 0 aliphatic carbocycles. The number of rotatable bonds is 10. The van der Waals surface area contributed by atoms with E-state index in [1.165, 1.54) is 11.8 Å². The van der Waals surface area contributed by atoms with Crippen molar-refractivity contribution < 1.29 is 9.59 Å². The summed E-state index contributed by atoms with van der Waals surface area (Å²) in [4.78, 5) is 28.4. The number of amides is 2. The molecule has 2 amide bonds. The first-order valence-corrected chi connectivity index (χ1v) is 10.9. The molecule has 0 saturated heterocycles. The van der Waals surface area contributed by atoms with Crippen molar-refractivity contribution in [3.63, 3.8) is 0 Å². The maximum absolute atomic E-state index is 13.1. The van der Waals surface area contributed by atoms with Crippen LogP contribution in [0.4, 0.5) is 0 Å². The quantitative estimate of drug-likeness (QED) is 0.565. The van der Waals surface area contributed by atoms with Crippen molar-refractivity contribution in [2.75, 3.05) is 12.3 Å². The summed E-state index contributed by atoms with van der Waals surface area (Å²) in [6, 6.07) is 16.7. The molecule has 0 aliphatic heterocycles. The van der Waals surface area contributed by atoms with E-state index in [4.69, 9.17) is 11.6 Å². The Morgan fingerprint density at radius 3 is 2.36 bits per heavy atom. The minimum absolute atomic E-state index is 0.0534. The maximum Gasteiger partial charge on any atom is 0.242 e. The van der Waals surface area contributed by atoms with Gasteiger partial charge in [0.15, 0.2) is 0 Å². The van der Waals surface area contributed by atoms with E-state index >= 15 is 0 Å². The predicted octanol–water partition coefficient (Wildman–Crippen LogP) is 4.77. The van der Waals surface area contributed by atoms with E-state index in [9.17, 15) is 9.59 Å². The summed E-state index contributed by atoms with van der Waals surface area (Å²) < 4.78 is 0. The zero-order valence-corrected chi connectivity index (χ0v) is 17.9. The Morgan fingerprint density at radius 1 is 1.07 bits per heavy atom. The van der Waals surface area contributed by atoms with Gasteiger partial charge in [0.05, 0.1) is 5.75 Å². The highest BCUT2D eigenvalue weighted by Crippen LogP contribution is 2.22. The van der Waals surface area contributed by atoms with Crippen LogP contribution in [0.3, 0.4) is 0 Å². The first-order valence-electron chi connectivity index (χ1n) is 9.54. The highest BCUT2D eigenvalue weighted by molar-refractivity contribution is 8.00. The van der Waals surface area contributed by atoms with E-state index in [1.54, 1.807) is 4.90 Å². The fourth-order valence-electron chi connectivity index (χ4n) is 2.82. The molecule has 2 aromatic carbocycles. The van der Waals surface area contributed by atoms with Gasteiger partial charge in [-0.25, -0.2) is 0 Å². The second-order valence-corrected chi connectivity index (χ2v) is 7.95. The van der Waals surface area contributed by atoms with Gasteiger partial charge in [-0.05, 0) is 42.7 Å². The smallest absolute Gasteiger partial charge is 0.242 e. The van der Waals surface area contributed by atoms with E-state index in [1.807, 2.05) is 68.4 Å². The average molecular weight is 419 g/mol. The lowest BCUT2D eigenvalue weighted by molar-refractivity contribution is -0.139. The highest BCUT2D eigenvalue weighted by Gasteiger charge is 2.28. The van der Waals surface area contributed by atoms with Gasteiger partial charge in [-0.1, -0.05) is 55.8 Å². The topological polar surface area (TPSA) is 49.4 Å². The molecule has 0 saturated carbocycles. The molecule has 0 fully saturated rings. The van der Waals surface area contributed by atoms with Gasteiger partial charge in [-0.2, -0.15) is 0 Å². The van der Waals surface area contributed by atoms with Gasteiger partial charge >= 0.3 is 0 Å². The van der Waals surface area contributed by atoms with Gasteiger partial charge in [0.2, 0.25) is 11.8 Å². The largest absolute Gasteiger partial charge is 0.354 e. The summed E-state index contributed by atoms with van der Waals surface area (Å²) in [6.45, 7) is 4.98. The molecule has 2 rings (SSSR count). The molecule has 4 nitrogen and oxygen atoms in total. The molecule has 1 N–H and O–H groups in total. The number of nitrogens with zero attached hydrogens (tertiary/aromatic N) is 1. The van der Waals surface area contributed by atoms with E-state index in [-0.39, 0.29) is 17.6 Å². The molecular formula is C22H27ClN2O2S. The fraction of sp³-hybridized carbons (Fsp3) is 0.364. The van der Waals surface area contributed by atoms with Crippen LogP contribution in [0.15, 0.2) is 59.5 Å². The molecule has 0 aromatic heterocycles. The van der Waals surface area contributed by atoms with Gasteiger partial charge in [0, 0.05) is 23.0 Å². The standard InChI is InChI=1S/C22H27ClN2O2S/c1-3-14-24-22(27)20(4-2)25(15-17-8-6-5-7-9-17)21(26)16-28-19-12-10-18(23)11-13-19/h5-13,20H,3-4,14-16H2,1-2H3,(H,24,27). The number of benzene rings is 2. The molecule has 6 heteroatoms. The lowest BCUT2D eigenvalue weighted by atomic mass is 10.1. The molecule has 28 heavy (non-hydrogen) atoms. The summed E-state index contributed by atoms with van der Waals surface area (Å²) in [7, 11) is 0. The molecular weight excluding hydrogens is 392 g/mol. The van der Waals surface area contributed by atoms with Gasteiger partial charge in [-0.15, -0.1) is 11.8 Å². The summed E-state index contributed by atoms with van der Waals surface area (Å²) in [5.41, 5.74) is 1.01. The number of carbonyl (C=O) groups excluding carboxylic acids is 2.